The lowest BCUT2D eigenvalue weighted by molar-refractivity contribution is 0.0733. The largest absolute Gasteiger partial charge is 0.508 e. The van der Waals surface area contributed by atoms with Gasteiger partial charge in [0.25, 0.3) is 0 Å². The standard InChI is InChI=1S/C24H22O4/c1-15-11-19(7-9-22(15)26)17(3)20-8-10-23(16(2)12-20)28-24(27)21-6-4-5-18(13-21)14-25/h4-14,17,26H,1-3H3. The van der Waals surface area contributed by atoms with Crippen LogP contribution in [0.3, 0.4) is 0 Å². The second-order valence-corrected chi connectivity index (χ2v) is 6.93. The summed E-state index contributed by atoms with van der Waals surface area (Å²) in [6.07, 6.45) is 0.698. The maximum atomic E-state index is 12.4. The van der Waals surface area contributed by atoms with Crippen molar-refractivity contribution in [2.24, 2.45) is 0 Å². The minimum Gasteiger partial charge on any atom is -0.508 e. The van der Waals surface area contributed by atoms with Crippen LogP contribution in [0, 0.1) is 13.8 Å². The van der Waals surface area contributed by atoms with Gasteiger partial charge in [-0.1, -0.05) is 43.3 Å². The number of esters is 1. The molecule has 0 aliphatic carbocycles. The Bertz CT molecular complexity index is 1040. The number of carbonyl (C=O) groups is 2. The fourth-order valence-corrected chi connectivity index (χ4v) is 3.09. The summed E-state index contributed by atoms with van der Waals surface area (Å²) in [6.45, 7) is 5.86. The third-order valence-electron chi connectivity index (χ3n) is 4.88. The SMILES string of the molecule is Cc1cc(C(C)c2ccc(OC(=O)c3cccc(C=O)c3)c(C)c2)ccc1O. The average Bonchev–Trinajstić information content (AvgIpc) is 2.71. The average molecular weight is 374 g/mol. The first-order valence-electron chi connectivity index (χ1n) is 9.06. The second-order valence-electron chi connectivity index (χ2n) is 6.93. The van der Waals surface area contributed by atoms with Crippen LogP contribution < -0.4 is 4.74 Å². The molecule has 0 saturated carbocycles. The van der Waals surface area contributed by atoms with E-state index in [9.17, 15) is 14.7 Å². The molecule has 0 radical (unpaired) electrons. The van der Waals surface area contributed by atoms with Gasteiger partial charge in [-0.15, -0.1) is 0 Å². The van der Waals surface area contributed by atoms with Gasteiger partial charge in [0.05, 0.1) is 5.56 Å². The van der Waals surface area contributed by atoms with Crippen molar-refractivity contribution in [2.75, 3.05) is 0 Å². The van der Waals surface area contributed by atoms with Crippen molar-refractivity contribution in [3.8, 4) is 11.5 Å². The molecule has 0 fully saturated rings. The van der Waals surface area contributed by atoms with Gasteiger partial charge in [-0.05, 0) is 60.4 Å². The molecule has 1 unspecified atom stereocenters. The molecule has 3 rings (SSSR count). The van der Waals surface area contributed by atoms with Crippen LogP contribution in [0.15, 0.2) is 60.7 Å². The Morgan fingerprint density at radius 3 is 2.29 bits per heavy atom. The van der Waals surface area contributed by atoms with E-state index in [1.807, 2.05) is 38.1 Å². The van der Waals surface area contributed by atoms with Crippen LogP contribution in [0.5, 0.6) is 11.5 Å². The Morgan fingerprint density at radius 1 is 0.964 bits per heavy atom. The van der Waals surface area contributed by atoms with E-state index in [2.05, 4.69) is 6.92 Å². The van der Waals surface area contributed by atoms with Gasteiger partial charge in [-0.25, -0.2) is 4.79 Å². The summed E-state index contributed by atoms with van der Waals surface area (Å²) in [4.78, 5) is 23.3. The molecule has 0 aliphatic heterocycles. The molecule has 1 atom stereocenters. The molecule has 4 heteroatoms. The zero-order valence-corrected chi connectivity index (χ0v) is 16.1. The van der Waals surface area contributed by atoms with Crippen LogP contribution in [0.25, 0.3) is 0 Å². The van der Waals surface area contributed by atoms with E-state index in [0.29, 0.717) is 23.2 Å². The highest BCUT2D eigenvalue weighted by Crippen LogP contribution is 2.30. The monoisotopic (exact) mass is 374 g/mol. The minimum atomic E-state index is -0.498. The molecule has 4 nitrogen and oxygen atoms in total. The van der Waals surface area contributed by atoms with Crippen molar-refractivity contribution in [1.29, 1.82) is 0 Å². The summed E-state index contributed by atoms with van der Waals surface area (Å²) in [5.41, 5.74) is 4.64. The maximum absolute atomic E-state index is 12.4. The minimum absolute atomic E-state index is 0.132. The van der Waals surface area contributed by atoms with E-state index in [4.69, 9.17) is 4.74 Å². The summed E-state index contributed by atoms with van der Waals surface area (Å²) < 4.78 is 5.52. The molecule has 1 N–H and O–H groups in total. The van der Waals surface area contributed by atoms with E-state index in [1.54, 1.807) is 30.3 Å². The van der Waals surface area contributed by atoms with Crippen molar-refractivity contribution in [1.82, 2.24) is 0 Å². The smallest absolute Gasteiger partial charge is 0.343 e. The quantitative estimate of drug-likeness (QED) is 0.379. The lowest BCUT2D eigenvalue weighted by atomic mass is 9.91. The third-order valence-corrected chi connectivity index (χ3v) is 4.88. The lowest BCUT2D eigenvalue weighted by Gasteiger charge is -2.16. The summed E-state index contributed by atoms with van der Waals surface area (Å²) in [7, 11) is 0. The van der Waals surface area contributed by atoms with E-state index in [1.165, 1.54) is 6.07 Å². The number of phenols is 1. The number of aromatic hydroxyl groups is 1. The molecule has 3 aromatic carbocycles. The van der Waals surface area contributed by atoms with Gasteiger partial charge < -0.3 is 9.84 Å². The van der Waals surface area contributed by atoms with Gasteiger partial charge in [0.15, 0.2) is 0 Å². The molecule has 0 amide bonds. The number of carbonyl (C=O) groups excluding carboxylic acids is 2. The van der Waals surface area contributed by atoms with Gasteiger partial charge in [0.1, 0.15) is 17.8 Å². The Kier molecular flexibility index (Phi) is 5.59. The number of aldehydes is 1. The van der Waals surface area contributed by atoms with E-state index in [0.717, 1.165) is 22.3 Å². The summed E-state index contributed by atoms with van der Waals surface area (Å²) in [5.74, 6) is 0.404. The Labute approximate surface area is 164 Å². The molecule has 0 aliphatic rings. The zero-order valence-electron chi connectivity index (χ0n) is 16.1. The Hall–Kier alpha value is -3.40. The van der Waals surface area contributed by atoms with Gasteiger partial charge in [0.2, 0.25) is 0 Å². The number of ether oxygens (including phenoxy) is 1. The summed E-state index contributed by atoms with van der Waals surface area (Å²) >= 11 is 0. The van der Waals surface area contributed by atoms with Gasteiger partial charge in [0, 0.05) is 11.5 Å². The van der Waals surface area contributed by atoms with Gasteiger partial charge >= 0.3 is 5.97 Å². The maximum Gasteiger partial charge on any atom is 0.343 e. The predicted molar refractivity (Wildman–Crippen MR) is 108 cm³/mol. The Balaban J connectivity index is 1.80. The molecule has 0 aromatic heterocycles. The highest BCUT2D eigenvalue weighted by molar-refractivity contribution is 5.93. The normalized spacial score (nSPS) is 11.7. The van der Waals surface area contributed by atoms with Gasteiger partial charge in [-0.3, -0.25) is 4.79 Å². The molecular formula is C24H22O4. The van der Waals surface area contributed by atoms with E-state index in [-0.39, 0.29) is 11.7 Å². The number of aryl methyl sites for hydroxylation is 2. The molecule has 0 saturated heterocycles. The van der Waals surface area contributed by atoms with E-state index >= 15 is 0 Å². The van der Waals surface area contributed by atoms with Crippen molar-refractivity contribution in [3.63, 3.8) is 0 Å². The first-order valence-corrected chi connectivity index (χ1v) is 9.06. The fraction of sp³-hybridized carbons (Fsp3) is 0.167. The van der Waals surface area contributed by atoms with Crippen LogP contribution in [-0.4, -0.2) is 17.4 Å². The number of phenolic OH excluding ortho intramolecular Hbond substituents is 1. The van der Waals surface area contributed by atoms with Crippen LogP contribution >= 0.6 is 0 Å². The molecule has 142 valence electrons. The van der Waals surface area contributed by atoms with Crippen molar-refractivity contribution >= 4 is 12.3 Å². The molecule has 0 spiro atoms. The second kappa shape index (κ2) is 8.09. The number of rotatable bonds is 5. The number of hydrogen-bond acceptors (Lipinski definition) is 4. The highest BCUT2D eigenvalue weighted by atomic mass is 16.5. The number of hydrogen-bond donors (Lipinski definition) is 1. The van der Waals surface area contributed by atoms with Gasteiger partial charge in [-0.2, -0.15) is 0 Å². The fourth-order valence-electron chi connectivity index (χ4n) is 3.09. The molecule has 0 heterocycles. The summed E-state index contributed by atoms with van der Waals surface area (Å²) in [6, 6.07) is 17.7. The lowest BCUT2D eigenvalue weighted by Crippen LogP contribution is -2.10. The van der Waals surface area contributed by atoms with Crippen molar-refractivity contribution in [3.05, 3.63) is 94.0 Å². The Morgan fingerprint density at radius 2 is 1.64 bits per heavy atom. The molecule has 3 aromatic rings. The number of benzene rings is 3. The first kappa shape index (κ1) is 19.4. The van der Waals surface area contributed by atoms with Crippen LogP contribution in [0.2, 0.25) is 0 Å². The van der Waals surface area contributed by atoms with E-state index < -0.39 is 5.97 Å². The first-order chi connectivity index (χ1) is 13.4. The molecular weight excluding hydrogens is 352 g/mol. The predicted octanol–water partition coefficient (Wildman–Crippen LogP) is 5.19. The zero-order chi connectivity index (χ0) is 20.3. The van der Waals surface area contributed by atoms with Crippen molar-refractivity contribution in [2.45, 2.75) is 26.7 Å². The highest BCUT2D eigenvalue weighted by Gasteiger charge is 2.14. The third kappa shape index (κ3) is 4.12. The molecule has 0 bridgehead atoms. The van der Waals surface area contributed by atoms with Crippen LogP contribution in [0.1, 0.15) is 55.8 Å². The summed E-state index contributed by atoms with van der Waals surface area (Å²) in [5, 5.41) is 9.72. The molecule has 28 heavy (non-hydrogen) atoms. The topological polar surface area (TPSA) is 63.6 Å². The van der Waals surface area contributed by atoms with Crippen LogP contribution in [0.4, 0.5) is 0 Å². The van der Waals surface area contributed by atoms with Crippen LogP contribution in [-0.2, 0) is 0 Å². The van der Waals surface area contributed by atoms with Crippen molar-refractivity contribution < 1.29 is 19.4 Å².